The Morgan fingerprint density at radius 2 is 1.95 bits per heavy atom. The number of nitrogens with two attached hydrogens (primary N) is 2. The molecule has 2 heterocycles. The maximum Gasteiger partial charge on any atom is 0.222 e. The Hall–Kier alpha value is -2.04. The number of benzene rings is 1. The van der Waals surface area contributed by atoms with Gasteiger partial charge in [0, 0.05) is 24.2 Å². The Bertz CT molecular complexity index is 634. The van der Waals surface area contributed by atoms with Gasteiger partial charge in [-0.15, -0.1) is 0 Å². The van der Waals surface area contributed by atoms with Gasteiger partial charge in [0.2, 0.25) is 5.95 Å². The molecule has 0 spiro atoms. The van der Waals surface area contributed by atoms with E-state index >= 15 is 0 Å². The first-order valence-electron chi connectivity index (χ1n) is 7.12. The zero-order valence-electron chi connectivity index (χ0n) is 12.0. The van der Waals surface area contributed by atoms with Crippen LogP contribution >= 0.6 is 0 Å². The van der Waals surface area contributed by atoms with Gasteiger partial charge in [-0.3, -0.25) is 0 Å². The minimum Gasteiger partial charge on any atom is -0.399 e. The molecule has 1 saturated heterocycles. The van der Waals surface area contributed by atoms with Crippen molar-refractivity contribution < 1.29 is 0 Å². The topological polar surface area (TPSA) is 81.1 Å². The van der Waals surface area contributed by atoms with E-state index < -0.39 is 0 Å². The van der Waals surface area contributed by atoms with Crippen molar-refractivity contribution in [1.82, 2.24) is 9.97 Å². The third kappa shape index (κ3) is 2.24. The summed E-state index contributed by atoms with van der Waals surface area (Å²) in [6.45, 7) is 6.63. The van der Waals surface area contributed by atoms with Crippen LogP contribution in [0.1, 0.15) is 20.3 Å². The molecule has 20 heavy (non-hydrogen) atoms. The van der Waals surface area contributed by atoms with Gasteiger partial charge in [0.05, 0.1) is 5.52 Å². The average Bonchev–Trinajstić information content (AvgIpc) is 2.40. The molecular formula is C15H21N5. The van der Waals surface area contributed by atoms with Crippen LogP contribution in [0.4, 0.5) is 17.5 Å². The molecule has 1 aromatic heterocycles. The Balaban J connectivity index is 2.06. The number of piperidine rings is 1. The van der Waals surface area contributed by atoms with Crippen LogP contribution in [0.15, 0.2) is 18.2 Å². The second-order valence-electron chi connectivity index (χ2n) is 5.87. The highest BCUT2D eigenvalue weighted by Gasteiger charge is 2.25. The van der Waals surface area contributed by atoms with Crippen molar-refractivity contribution in [2.24, 2.45) is 11.8 Å². The largest absolute Gasteiger partial charge is 0.399 e. The molecule has 2 atom stereocenters. The van der Waals surface area contributed by atoms with Gasteiger partial charge in [-0.25, -0.2) is 4.98 Å². The molecule has 0 aliphatic carbocycles. The van der Waals surface area contributed by atoms with Gasteiger partial charge in [0.15, 0.2) is 0 Å². The summed E-state index contributed by atoms with van der Waals surface area (Å²) in [5, 5.41) is 1.02. The third-order valence-electron chi connectivity index (χ3n) is 4.35. The molecule has 2 unspecified atom stereocenters. The van der Waals surface area contributed by atoms with Gasteiger partial charge in [-0.1, -0.05) is 13.8 Å². The predicted molar refractivity (Wildman–Crippen MR) is 83.5 cm³/mol. The van der Waals surface area contributed by atoms with E-state index in [0.29, 0.717) is 17.6 Å². The molecule has 0 saturated carbocycles. The van der Waals surface area contributed by atoms with E-state index in [2.05, 4.69) is 28.7 Å². The molecule has 4 N–H and O–H groups in total. The monoisotopic (exact) mass is 271 g/mol. The van der Waals surface area contributed by atoms with Crippen molar-refractivity contribution in [1.29, 1.82) is 0 Å². The van der Waals surface area contributed by atoms with Gasteiger partial charge >= 0.3 is 0 Å². The summed E-state index contributed by atoms with van der Waals surface area (Å²) in [6.07, 6.45) is 1.18. The summed E-state index contributed by atoms with van der Waals surface area (Å²) in [6, 6.07) is 5.73. The molecule has 0 amide bonds. The third-order valence-corrected chi connectivity index (χ3v) is 4.35. The molecule has 3 rings (SSSR count). The molecule has 5 heteroatoms. The van der Waals surface area contributed by atoms with Crippen LogP contribution in [0.25, 0.3) is 10.9 Å². The lowest BCUT2D eigenvalue weighted by Crippen LogP contribution is -2.39. The van der Waals surface area contributed by atoms with E-state index in [0.717, 1.165) is 35.7 Å². The van der Waals surface area contributed by atoms with Crippen molar-refractivity contribution in [2.45, 2.75) is 20.3 Å². The Morgan fingerprint density at radius 3 is 2.70 bits per heavy atom. The Kier molecular flexibility index (Phi) is 3.12. The molecule has 0 bridgehead atoms. The lowest BCUT2D eigenvalue weighted by Gasteiger charge is -2.36. The van der Waals surface area contributed by atoms with E-state index in [4.69, 9.17) is 11.5 Å². The summed E-state index contributed by atoms with van der Waals surface area (Å²) in [7, 11) is 0. The lowest BCUT2D eigenvalue weighted by atomic mass is 9.88. The number of aromatic nitrogens is 2. The minimum atomic E-state index is 0.310. The summed E-state index contributed by atoms with van der Waals surface area (Å²) in [5.74, 6) is 2.66. The minimum absolute atomic E-state index is 0.310. The number of fused-ring (bicyclic) bond motifs is 1. The van der Waals surface area contributed by atoms with Crippen LogP contribution < -0.4 is 16.4 Å². The first-order valence-corrected chi connectivity index (χ1v) is 7.12. The summed E-state index contributed by atoms with van der Waals surface area (Å²) < 4.78 is 0. The normalized spacial score (nSPS) is 23.2. The zero-order valence-corrected chi connectivity index (χ0v) is 12.0. The number of hydrogen-bond donors (Lipinski definition) is 2. The molecule has 2 aromatic rings. The maximum absolute atomic E-state index is 5.85. The van der Waals surface area contributed by atoms with Crippen LogP contribution in [0, 0.1) is 11.8 Å². The van der Waals surface area contributed by atoms with Crippen molar-refractivity contribution in [3.05, 3.63) is 18.2 Å². The highest BCUT2D eigenvalue weighted by atomic mass is 15.2. The second-order valence-corrected chi connectivity index (χ2v) is 5.87. The summed E-state index contributed by atoms with van der Waals surface area (Å²) in [5.41, 5.74) is 13.2. The molecule has 1 aliphatic heterocycles. The molecule has 5 nitrogen and oxygen atoms in total. The highest BCUT2D eigenvalue weighted by molar-refractivity contribution is 5.92. The van der Waals surface area contributed by atoms with Gasteiger partial charge in [0.1, 0.15) is 5.82 Å². The van der Waals surface area contributed by atoms with Crippen molar-refractivity contribution in [2.75, 3.05) is 29.5 Å². The fourth-order valence-corrected chi connectivity index (χ4v) is 2.84. The second kappa shape index (κ2) is 4.81. The first kappa shape index (κ1) is 13.0. The summed E-state index contributed by atoms with van der Waals surface area (Å²) in [4.78, 5) is 11.1. The van der Waals surface area contributed by atoms with Gasteiger partial charge in [-0.05, 0) is 36.5 Å². The molecule has 0 radical (unpaired) electrons. The van der Waals surface area contributed by atoms with E-state index in [1.54, 1.807) is 0 Å². The van der Waals surface area contributed by atoms with Gasteiger partial charge in [0.25, 0.3) is 0 Å². The predicted octanol–water partition coefficient (Wildman–Crippen LogP) is 2.28. The molecule has 106 valence electrons. The van der Waals surface area contributed by atoms with E-state index in [1.807, 2.05) is 18.2 Å². The Morgan fingerprint density at radius 1 is 1.15 bits per heavy atom. The van der Waals surface area contributed by atoms with Crippen molar-refractivity contribution >= 4 is 28.4 Å². The molecule has 1 fully saturated rings. The van der Waals surface area contributed by atoms with Gasteiger partial charge in [-0.2, -0.15) is 4.98 Å². The van der Waals surface area contributed by atoms with Crippen LogP contribution in [0.2, 0.25) is 0 Å². The maximum atomic E-state index is 5.85. The van der Waals surface area contributed by atoms with E-state index in [9.17, 15) is 0 Å². The van der Waals surface area contributed by atoms with Crippen molar-refractivity contribution in [3.8, 4) is 0 Å². The summed E-state index contributed by atoms with van der Waals surface area (Å²) >= 11 is 0. The van der Waals surface area contributed by atoms with Crippen LogP contribution in [-0.2, 0) is 0 Å². The average molecular weight is 271 g/mol. The lowest BCUT2D eigenvalue weighted by molar-refractivity contribution is 0.323. The van der Waals surface area contributed by atoms with Crippen molar-refractivity contribution in [3.63, 3.8) is 0 Å². The van der Waals surface area contributed by atoms with Gasteiger partial charge < -0.3 is 16.4 Å². The van der Waals surface area contributed by atoms with Crippen LogP contribution in [0.5, 0.6) is 0 Å². The SMILES string of the molecule is CC1CCN(c2nc(N)nc3cc(N)ccc23)CC1C. The van der Waals surface area contributed by atoms with E-state index in [-0.39, 0.29) is 0 Å². The first-order chi connectivity index (χ1) is 9.54. The van der Waals surface area contributed by atoms with Crippen LogP contribution in [0.3, 0.4) is 0 Å². The standard InChI is InChI=1S/C15H21N5/c1-9-5-6-20(8-10(9)2)14-12-4-3-11(16)7-13(12)18-15(17)19-14/h3-4,7,9-10H,5-6,8,16H2,1-2H3,(H2,17,18,19). The fourth-order valence-electron chi connectivity index (χ4n) is 2.84. The smallest absolute Gasteiger partial charge is 0.222 e. The van der Waals surface area contributed by atoms with Crippen LogP contribution in [-0.4, -0.2) is 23.1 Å². The fraction of sp³-hybridized carbons (Fsp3) is 0.467. The quantitative estimate of drug-likeness (QED) is 0.778. The highest BCUT2D eigenvalue weighted by Crippen LogP contribution is 2.31. The zero-order chi connectivity index (χ0) is 14.3. The number of nitrogens with zero attached hydrogens (tertiary/aromatic N) is 3. The Labute approximate surface area is 119 Å². The van der Waals surface area contributed by atoms with E-state index in [1.165, 1.54) is 6.42 Å². The molecular weight excluding hydrogens is 250 g/mol. The number of anilines is 3. The number of rotatable bonds is 1. The molecule has 1 aliphatic rings. The number of nitrogen functional groups attached to an aromatic ring is 2. The number of hydrogen-bond acceptors (Lipinski definition) is 5. The molecule has 1 aromatic carbocycles.